The third-order valence-electron chi connectivity index (χ3n) is 3.54. The van der Waals surface area contributed by atoms with Crippen LogP contribution in [0, 0.1) is 14.9 Å². The number of para-hydroxylation sites is 1. The van der Waals surface area contributed by atoms with Gasteiger partial charge < -0.3 is 9.73 Å². The topological polar surface area (TPSA) is 66.0 Å². The summed E-state index contributed by atoms with van der Waals surface area (Å²) in [6.45, 7) is 0. The van der Waals surface area contributed by atoms with Crippen LogP contribution in [-0.4, -0.2) is 5.91 Å². The summed E-state index contributed by atoms with van der Waals surface area (Å²) in [5.41, 5.74) is 1.34. The monoisotopic (exact) mass is 474 g/mol. The maximum Gasteiger partial charge on any atom is 0.266 e. The predicted octanol–water partition coefficient (Wildman–Crippen LogP) is 5.75. The Morgan fingerprint density at radius 3 is 2.58 bits per heavy atom. The highest BCUT2D eigenvalue weighted by Gasteiger charge is 2.13. The van der Waals surface area contributed by atoms with Gasteiger partial charge >= 0.3 is 0 Å². The molecule has 2 aromatic carbocycles. The first-order valence-electron chi connectivity index (χ1n) is 7.61. The van der Waals surface area contributed by atoms with Gasteiger partial charge in [0.25, 0.3) is 5.91 Å². The number of nitrogens with zero attached hydrogens (tertiary/aromatic N) is 1. The second-order valence-electron chi connectivity index (χ2n) is 5.29. The molecule has 1 aromatic heterocycles. The highest BCUT2D eigenvalue weighted by Crippen LogP contribution is 2.29. The summed E-state index contributed by atoms with van der Waals surface area (Å²) in [5, 5.41) is 12.6. The third kappa shape index (κ3) is 4.15. The van der Waals surface area contributed by atoms with Crippen molar-refractivity contribution in [3.8, 4) is 17.4 Å². The van der Waals surface area contributed by atoms with Gasteiger partial charge in [-0.2, -0.15) is 5.26 Å². The van der Waals surface area contributed by atoms with Gasteiger partial charge in [-0.05, 0) is 59.0 Å². The third-order valence-corrected chi connectivity index (χ3v) is 4.81. The number of amides is 1. The van der Waals surface area contributed by atoms with Gasteiger partial charge in [0, 0.05) is 15.2 Å². The summed E-state index contributed by atoms with van der Waals surface area (Å²) >= 11 is 8.28. The largest absolute Gasteiger partial charge is 0.457 e. The van der Waals surface area contributed by atoms with Gasteiger partial charge in [-0.25, -0.2) is 0 Å². The van der Waals surface area contributed by atoms with Gasteiger partial charge in [0.15, 0.2) is 0 Å². The van der Waals surface area contributed by atoms with E-state index in [9.17, 15) is 10.1 Å². The van der Waals surface area contributed by atoms with Gasteiger partial charge in [-0.3, -0.25) is 4.79 Å². The van der Waals surface area contributed by atoms with Crippen LogP contribution in [0.15, 0.2) is 70.7 Å². The molecule has 0 radical (unpaired) electrons. The molecule has 0 bridgehead atoms. The molecule has 0 aliphatic carbocycles. The number of nitrogens with one attached hydrogen (secondary N) is 1. The predicted molar refractivity (Wildman–Crippen MR) is 111 cm³/mol. The molecule has 0 spiro atoms. The number of anilines is 1. The molecule has 0 atom stereocenters. The number of benzene rings is 2. The lowest BCUT2D eigenvalue weighted by molar-refractivity contribution is -0.112. The number of furan rings is 1. The van der Waals surface area contributed by atoms with Crippen LogP contribution in [0.3, 0.4) is 0 Å². The minimum absolute atomic E-state index is 0.0512. The number of rotatable bonds is 4. The smallest absolute Gasteiger partial charge is 0.266 e. The van der Waals surface area contributed by atoms with Gasteiger partial charge in [0.2, 0.25) is 0 Å². The van der Waals surface area contributed by atoms with Gasteiger partial charge in [0.1, 0.15) is 23.2 Å². The van der Waals surface area contributed by atoms with Crippen molar-refractivity contribution in [1.82, 2.24) is 0 Å². The average molecular weight is 475 g/mol. The summed E-state index contributed by atoms with van der Waals surface area (Å²) in [7, 11) is 0. The summed E-state index contributed by atoms with van der Waals surface area (Å²) in [4.78, 5) is 12.4. The van der Waals surface area contributed by atoms with E-state index in [2.05, 4.69) is 27.9 Å². The Kier molecular flexibility index (Phi) is 5.76. The first-order chi connectivity index (χ1) is 12.6. The highest BCUT2D eigenvalue weighted by atomic mass is 127. The number of halogens is 2. The summed E-state index contributed by atoms with van der Waals surface area (Å²) in [6.07, 6.45) is 1.41. The minimum atomic E-state index is -0.493. The molecular formula is C20H12ClIN2O2. The zero-order valence-electron chi connectivity index (χ0n) is 13.4. The molecule has 6 heteroatoms. The standard InChI is InChI=1S/C20H12ClIN2O2/c21-16-6-2-1-5-15(16)19-10-9-14(26-19)11-13(12-23)20(25)24-18-8-4-3-7-17(18)22/h1-11H,(H,24,25)/b13-11+. The van der Waals surface area contributed by atoms with E-state index in [4.69, 9.17) is 16.0 Å². The molecule has 0 aliphatic rings. The Hall–Kier alpha value is -2.56. The SMILES string of the molecule is N#C/C(=C\c1ccc(-c2ccccc2Cl)o1)C(=O)Nc1ccccc1I. The normalized spacial score (nSPS) is 11.0. The van der Waals surface area contributed by atoms with Gasteiger partial charge in [-0.15, -0.1) is 0 Å². The number of nitriles is 1. The molecule has 128 valence electrons. The minimum Gasteiger partial charge on any atom is -0.457 e. The fraction of sp³-hybridized carbons (Fsp3) is 0. The number of hydrogen-bond acceptors (Lipinski definition) is 3. The first-order valence-corrected chi connectivity index (χ1v) is 9.06. The quantitative estimate of drug-likeness (QED) is 0.297. The van der Waals surface area contributed by atoms with E-state index >= 15 is 0 Å². The zero-order valence-corrected chi connectivity index (χ0v) is 16.3. The van der Waals surface area contributed by atoms with Crippen LogP contribution >= 0.6 is 34.2 Å². The molecule has 1 amide bonds. The van der Waals surface area contributed by atoms with Gasteiger partial charge in [-0.1, -0.05) is 35.9 Å². The average Bonchev–Trinajstić information content (AvgIpc) is 3.10. The van der Waals surface area contributed by atoms with Crippen molar-refractivity contribution >= 4 is 51.9 Å². The number of carbonyl (C=O) groups excluding carboxylic acids is 1. The van der Waals surface area contributed by atoms with Crippen LogP contribution in [0.25, 0.3) is 17.4 Å². The number of hydrogen-bond donors (Lipinski definition) is 1. The summed E-state index contributed by atoms with van der Waals surface area (Å²) < 4.78 is 6.60. The lowest BCUT2D eigenvalue weighted by atomic mass is 10.2. The molecule has 0 unspecified atom stereocenters. The van der Waals surface area contributed by atoms with Crippen molar-refractivity contribution < 1.29 is 9.21 Å². The number of carbonyl (C=O) groups is 1. The fourth-order valence-corrected chi connectivity index (χ4v) is 3.03. The molecule has 1 heterocycles. The van der Waals surface area contributed by atoms with Crippen molar-refractivity contribution in [1.29, 1.82) is 5.26 Å². The molecule has 1 N–H and O–H groups in total. The maximum atomic E-state index is 12.4. The van der Waals surface area contributed by atoms with Crippen molar-refractivity contribution in [2.24, 2.45) is 0 Å². The van der Waals surface area contributed by atoms with Crippen LogP contribution in [0.2, 0.25) is 5.02 Å². The molecule has 3 aromatic rings. The Balaban J connectivity index is 1.84. The Labute approximate surface area is 169 Å². The second-order valence-corrected chi connectivity index (χ2v) is 6.86. The molecule has 0 aliphatic heterocycles. The van der Waals surface area contributed by atoms with E-state index in [0.29, 0.717) is 22.2 Å². The van der Waals surface area contributed by atoms with Crippen LogP contribution in [0.1, 0.15) is 5.76 Å². The van der Waals surface area contributed by atoms with E-state index in [1.165, 1.54) is 6.08 Å². The molecule has 0 fully saturated rings. The van der Waals surface area contributed by atoms with Crippen molar-refractivity contribution in [3.63, 3.8) is 0 Å². The van der Waals surface area contributed by atoms with E-state index < -0.39 is 5.91 Å². The maximum absolute atomic E-state index is 12.4. The molecule has 26 heavy (non-hydrogen) atoms. The van der Waals surface area contributed by atoms with Crippen LogP contribution in [-0.2, 0) is 4.79 Å². The highest BCUT2D eigenvalue weighted by molar-refractivity contribution is 14.1. The van der Waals surface area contributed by atoms with E-state index in [0.717, 1.165) is 9.13 Å². The van der Waals surface area contributed by atoms with Crippen LogP contribution in [0.4, 0.5) is 5.69 Å². The Morgan fingerprint density at radius 1 is 1.12 bits per heavy atom. The molecule has 4 nitrogen and oxygen atoms in total. The lowest BCUT2D eigenvalue weighted by Crippen LogP contribution is -2.14. The molecule has 3 rings (SSSR count). The molecule has 0 saturated heterocycles. The van der Waals surface area contributed by atoms with E-state index in [1.54, 1.807) is 24.3 Å². The van der Waals surface area contributed by atoms with Crippen LogP contribution < -0.4 is 5.32 Å². The Morgan fingerprint density at radius 2 is 1.85 bits per heavy atom. The van der Waals surface area contributed by atoms with E-state index in [-0.39, 0.29) is 5.57 Å². The molecule has 0 saturated carbocycles. The summed E-state index contributed by atoms with van der Waals surface area (Å²) in [6, 6.07) is 20.0. The fourth-order valence-electron chi connectivity index (χ4n) is 2.28. The van der Waals surface area contributed by atoms with Crippen molar-refractivity contribution in [2.45, 2.75) is 0 Å². The van der Waals surface area contributed by atoms with Gasteiger partial charge in [0.05, 0.1) is 10.7 Å². The van der Waals surface area contributed by atoms with E-state index in [1.807, 2.05) is 42.5 Å². The lowest BCUT2D eigenvalue weighted by Gasteiger charge is -2.05. The van der Waals surface area contributed by atoms with Crippen molar-refractivity contribution in [3.05, 3.63) is 80.6 Å². The zero-order chi connectivity index (χ0) is 18.5. The second kappa shape index (κ2) is 8.21. The summed E-state index contributed by atoms with van der Waals surface area (Å²) in [5.74, 6) is 0.471. The van der Waals surface area contributed by atoms with Crippen LogP contribution in [0.5, 0.6) is 0 Å². The molecular weight excluding hydrogens is 463 g/mol. The first kappa shape index (κ1) is 18.2. The Bertz CT molecular complexity index is 1030. The van der Waals surface area contributed by atoms with Crippen molar-refractivity contribution in [2.75, 3.05) is 5.32 Å².